The van der Waals surface area contributed by atoms with Gasteiger partial charge >= 0.3 is 0 Å². The number of hydrogen-bond donors (Lipinski definition) is 2. The molecule has 2 aromatic rings. The van der Waals surface area contributed by atoms with E-state index < -0.39 is 5.92 Å². The maximum Gasteiger partial charge on any atom is 0.248 e. The number of aromatic nitrogens is 3. The van der Waals surface area contributed by atoms with Crippen LogP contribution in [-0.2, 0) is 6.42 Å². The average Bonchev–Trinajstić information content (AvgIpc) is 3.08. The Hall–Kier alpha value is -2.02. The van der Waals surface area contributed by atoms with Crippen LogP contribution in [0, 0.1) is 11.8 Å². The van der Waals surface area contributed by atoms with Crippen LogP contribution >= 0.6 is 0 Å². The molecule has 0 amide bonds. The van der Waals surface area contributed by atoms with Gasteiger partial charge in [0, 0.05) is 31.0 Å². The van der Waals surface area contributed by atoms with Crippen molar-refractivity contribution in [2.24, 2.45) is 11.8 Å². The van der Waals surface area contributed by atoms with E-state index in [0.29, 0.717) is 18.8 Å². The number of hydrogen-bond acceptors (Lipinski definition) is 4. The molecule has 4 rings (SSSR count). The van der Waals surface area contributed by atoms with Crippen LogP contribution in [0.25, 0.3) is 5.65 Å². The number of alkyl halides is 2. The second kappa shape index (κ2) is 7.78. The predicted molar refractivity (Wildman–Crippen MR) is 105 cm³/mol. The maximum atomic E-state index is 13.5. The van der Waals surface area contributed by atoms with E-state index in [4.69, 9.17) is 10.1 Å². The summed E-state index contributed by atoms with van der Waals surface area (Å²) in [6, 6.07) is 4.00. The minimum atomic E-state index is -2.51. The van der Waals surface area contributed by atoms with E-state index >= 15 is 0 Å². The molecular formula is C21H29F2N5. The van der Waals surface area contributed by atoms with Gasteiger partial charge in [-0.2, -0.15) is 5.10 Å². The van der Waals surface area contributed by atoms with Crippen molar-refractivity contribution in [2.45, 2.75) is 56.9 Å². The smallest absolute Gasteiger partial charge is 0.248 e. The molecule has 1 saturated heterocycles. The summed E-state index contributed by atoms with van der Waals surface area (Å²) in [6.45, 7) is 5.14. The lowest BCUT2D eigenvalue weighted by atomic mass is 9.81. The fraction of sp³-hybridized carbons (Fsp3) is 0.619. The Balaban J connectivity index is 1.51. The molecule has 2 N–H and O–H groups in total. The van der Waals surface area contributed by atoms with Crippen LogP contribution in [0.15, 0.2) is 30.6 Å². The fourth-order valence-corrected chi connectivity index (χ4v) is 4.61. The Labute approximate surface area is 164 Å². The van der Waals surface area contributed by atoms with Crippen molar-refractivity contribution in [3.05, 3.63) is 42.0 Å². The number of rotatable bonds is 5. The third-order valence-corrected chi connectivity index (χ3v) is 6.29. The SMILES string of the molecule is C=C1NCCCC1Cc1ccc2nc(C(NC)C3CCC(F)(F)CC3)cn2n1. The highest BCUT2D eigenvalue weighted by Crippen LogP contribution is 2.41. The number of allylic oxidation sites excluding steroid dienone is 1. The van der Waals surface area contributed by atoms with Crippen LogP contribution in [0.2, 0.25) is 0 Å². The van der Waals surface area contributed by atoms with Gasteiger partial charge in [-0.3, -0.25) is 0 Å². The van der Waals surface area contributed by atoms with Crippen molar-refractivity contribution in [2.75, 3.05) is 13.6 Å². The highest BCUT2D eigenvalue weighted by Gasteiger charge is 2.38. The van der Waals surface area contributed by atoms with E-state index in [-0.39, 0.29) is 24.8 Å². The topological polar surface area (TPSA) is 54.2 Å². The summed E-state index contributed by atoms with van der Waals surface area (Å²) >= 11 is 0. The summed E-state index contributed by atoms with van der Waals surface area (Å²) in [5.41, 5.74) is 3.79. The van der Waals surface area contributed by atoms with Gasteiger partial charge in [0.1, 0.15) is 0 Å². The zero-order chi connectivity index (χ0) is 19.7. The molecule has 0 aromatic carbocycles. The molecule has 152 valence electrons. The summed E-state index contributed by atoms with van der Waals surface area (Å²) in [7, 11) is 1.88. The zero-order valence-electron chi connectivity index (χ0n) is 16.4. The third kappa shape index (κ3) is 4.04. The van der Waals surface area contributed by atoms with Crippen molar-refractivity contribution in [3.63, 3.8) is 0 Å². The van der Waals surface area contributed by atoms with Crippen molar-refractivity contribution in [3.8, 4) is 0 Å². The normalized spacial score (nSPS) is 24.2. The molecule has 1 aliphatic carbocycles. The highest BCUT2D eigenvalue weighted by molar-refractivity contribution is 5.39. The quantitative estimate of drug-likeness (QED) is 0.815. The first-order valence-corrected chi connectivity index (χ1v) is 10.3. The van der Waals surface area contributed by atoms with Gasteiger partial charge in [0.2, 0.25) is 5.92 Å². The summed E-state index contributed by atoms with van der Waals surface area (Å²) < 4.78 is 28.9. The van der Waals surface area contributed by atoms with Gasteiger partial charge in [-0.1, -0.05) is 6.58 Å². The summed E-state index contributed by atoms with van der Waals surface area (Å²) in [6.07, 6.45) is 6.06. The average molecular weight is 389 g/mol. The number of nitrogens with one attached hydrogen (secondary N) is 2. The number of halogens is 2. The van der Waals surface area contributed by atoms with Crippen LogP contribution in [-0.4, -0.2) is 34.1 Å². The van der Waals surface area contributed by atoms with Gasteiger partial charge in [-0.05, 0) is 57.2 Å². The second-order valence-electron chi connectivity index (χ2n) is 8.25. The van der Waals surface area contributed by atoms with Gasteiger partial charge in [-0.25, -0.2) is 18.3 Å². The van der Waals surface area contributed by atoms with Crippen LogP contribution in [0.5, 0.6) is 0 Å². The van der Waals surface area contributed by atoms with Gasteiger partial charge in [-0.15, -0.1) is 0 Å². The monoisotopic (exact) mass is 389 g/mol. The second-order valence-corrected chi connectivity index (χ2v) is 8.25. The minimum absolute atomic E-state index is 0.0245. The van der Waals surface area contributed by atoms with Crippen LogP contribution in [0.4, 0.5) is 8.78 Å². The van der Waals surface area contributed by atoms with E-state index in [0.717, 1.165) is 48.5 Å². The van der Waals surface area contributed by atoms with E-state index in [9.17, 15) is 8.78 Å². The van der Waals surface area contributed by atoms with Gasteiger partial charge in [0.15, 0.2) is 5.65 Å². The fourth-order valence-electron chi connectivity index (χ4n) is 4.61. The largest absolute Gasteiger partial charge is 0.389 e. The lowest BCUT2D eigenvalue weighted by molar-refractivity contribution is -0.0496. The van der Waals surface area contributed by atoms with E-state index in [1.54, 1.807) is 0 Å². The molecule has 3 heterocycles. The van der Waals surface area contributed by atoms with Crippen molar-refractivity contribution >= 4 is 5.65 Å². The zero-order valence-corrected chi connectivity index (χ0v) is 16.4. The molecule has 0 spiro atoms. The molecular weight excluding hydrogens is 360 g/mol. The molecule has 7 heteroatoms. The Bertz CT molecular complexity index is 836. The lowest BCUT2D eigenvalue weighted by Crippen LogP contribution is -2.32. The first-order chi connectivity index (χ1) is 13.4. The number of nitrogens with zero attached hydrogens (tertiary/aromatic N) is 3. The van der Waals surface area contributed by atoms with E-state index in [1.165, 1.54) is 0 Å². The first kappa shape index (κ1) is 19.3. The Morgan fingerprint density at radius 3 is 2.82 bits per heavy atom. The summed E-state index contributed by atoms with van der Waals surface area (Å²) in [4.78, 5) is 4.72. The Morgan fingerprint density at radius 1 is 1.32 bits per heavy atom. The van der Waals surface area contributed by atoms with Crippen molar-refractivity contribution < 1.29 is 8.78 Å². The van der Waals surface area contributed by atoms with Crippen molar-refractivity contribution in [1.29, 1.82) is 0 Å². The third-order valence-electron chi connectivity index (χ3n) is 6.29. The molecule has 0 radical (unpaired) electrons. The molecule has 2 fully saturated rings. The van der Waals surface area contributed by atoms with Gasteiger partial charge in [0.25, 0.3) is 0 Å². The summed E-state index contributed by atoms with van der Waals surface area (Å²) in [5.74, 6) is -1.93. The molecule has 2 atom stereocenters. The molecule has 1 saturated carbocycles. The van der Waals surface area contributed by atoms with E-state index in [1.807, 2.05) is 29.9 Å². The predicted octanol–water partition coefficient (Wildman–Crippen LogP) is 3.87. The molecule has 0 bridgehead atoms. The molecule has 2 aliphatic rings. The Kier molecular flexibility index (Phi) is 5.36. The number of piperidine rings is 1. The van der Waals surface area contributed by atoms with Crippen LogP contribution in [0.1, 0.15) is 56.0 Å². The van der Waals surface area contributed by atoms with Crippen LogP contribution < -0.4 is 10.6 Å². The van der Waals surface area contributed by atoms with Gasteiger partial charge in [0.05, 0.1) is 23.6 Å². The Morgan fingerprint density at radius 2 is 2.11 bits per heavy atom. The lowest BCUT2D eigenvalue weighted by Gasteiger charge is -2.32. The first-order valence-electron chi connectivity index (χ1n) is 10.3. The minimum Gasteiger partial charge on any atom is -0.389 e. The molecule has 2 unspecified atom stereocenters. The van der Waals surface area contributed by atoms with Crippen molar-refractivity contribution in [1.82, 2.24) is 25.2 Å². The standard InChI is InChI=1S/C21H29F2N5/c1-14-16(4-3-11-25-14)12-17-5-6-19-26-18(13-28(19)27-17)20(24-2)15-7-9-21(22,23)10-8-15/h5-6,13,15-16,20,24-25H,1,3-4,7-12H2,2H3. The molecule has 28 heavy (non-hydrogen) atoms. The van der Waals surface area contributed by atoms with Crippen LogP contribution in [0.3, 0.4) is 0 Å². The molecule has 5 nitrogen and oxygen atoms in total. The maximum absolute atomic E-state index is 13.5. The number of fused-ring (bicyclic) bond motifs is 1. The summed E-state index contributed by atoms with van der Waals surface area (Å²) in [5, 5.41) is 11.4. The highest BCUT2D eigenvalue weighted by atomic mass is 19.3. The molecule has 2 aromatic heterocycles. The van der Waals surface area contributed by atoms with E-state index in [2.05, 4.69) is 17.2 Å². The molecule has 1 aliphatic heterocycles. The number of imidazole rings is 1. The van der Waals surface area contributed by atoms with Gasteiger partial charge < -0.3 is 10.6 Å².